The molecular formula is C17H21F6NO2S. The Hall–Kier alpha value is -1.71. The largest absolute Gasteiger partial charge is 0.416 e. The zero-order valence-electron chi connectivity index (χ0n) is 15.2. The number of benzene rings is 1. The van der Waals surface area contributed by atoms with E-state index in [9.17, 15) is 35.9 Å². The third-order valence-electron chi connectivity index (χ3n) is 3.27. The first-order chi connectivity index (χ1) is 12.4. The zero-order valence-corrected chi connectivity index (χ0v) is 16.0. The van der Waals surface area contributed by atoms with Gasteiger partial charge in [0.2, 0.25) is 0 Å². The van der Waals surface area contributed by atoms with Crippen LogP contribution in [0.25, 0.3) is 0 Å². The van der Waals surface area contributed by atoms with Crippen molar-refractivity contribution < 1.29 is 35.9 Å². The second-order valence-electron chi connectivity index (χ2n) is 5.23. The smallest absolute Gasteiger partial charge is 0.355 e. The van der Waals surface area contributed by atoms with E-state index in [-0.39, 0.29) is 6.07 Å². The summed E-state index contributed by atoms with van der Waals surface area (Å²) in [5.74, 6) is 0.358. The standard InChI is InChI=1S/C10H7F6NO.C5H8OS.C2H6/c1-17-8(18)5-2-6(9(11,12)13)4-7(3-5)10(14,15)16;1-4-2-3-7-5(4)6;1-2/h2-4H,1H3,(H,17,18);4H,2-3H2,1H3;1-2H3. The molecule has 10 heteroatoms. The number of hydrogen-bond acceptors (Lipinski definition) is 3. The molecule has 0 aromatic heterocycles. The van der Waals surface area contributed by atoms with Crippen LogP contribution in [0.2, 0.25) is 0 Å². The van der Waals surface area contributed by atoms with Crippen LogP contribution in [0, 0.1) is 5.92 Å². The van der Waals surface area contributed by atoms with E-state index in [2.05, 4.69) is 0 Å². The van der Waals surface area contributed by atoms with Crippen molar-refractivity contribution in [2.45, 2.75) is 39.5 Å². The van der Waals surface area contributed by atoms with Crippen molar-refractivity contribution in [3.63, 3.8) is 0 Å². The van der Waals surface area contributed by atoms with E-state index >= 15 is 0 Å². The monoisotopic (exact) mass is 417 g/mol. The molecule has 0 radical (unpaired) electrons. The number of carbonyl (C=O) groups is 2. The molecule has 154 valence electrons. The molecule has 1 fully saturated rings. The van der Waals surface area contributed by atoms with Crippen LogP contribution in [-0.2, 0) is 17.1 Å². The molecule has 1 saturated heterocycles. The van der Waals surface area contributed by atoms with Crippen LogP contribution in [0.5, 0.6) is 0 Å². The maximum absolute atomic E-state index is 12.4. The van der Waals surface area contributed by atoms with Gasteiger partial charge in [0, 0.05) is 24.3 Å². The van der Waals surface area contributed by atoms with E-state index in [1.54, 1.807) is 0 Å². The molecule has 0 spiro atoms. The maximum atomic E-state index is 12.4. The molecule has 1 aliphatic rings. The molecule has 2 rings (SSSR count). The summed E-state index contributed by atoms with van der Waals surface area (Å²) in [6, 6.07) is 0.703. The van der Waals surface area contributed by atoms with Crippen LogP contribution in [0.4, 0.5) is 26.3 Å². The Morgan fingerprint density at radius 3 is 1.70 bits per heavy atom. The van der Waals surface area contributed by atoms with Crippen LogP contribution in [0.3, 0.4) is 0 Å². The van der Waals surface area contributed by atoms with E-state index in [1.165, 1.54) is 11.8 Å². The van der Waals surface area contributed by atoms with E-state index in [1.807, 2.05) is 26.1 Å². The van der Waals surface area contributed by atoms with Gasteiger partial charge in [-0.2, -0.15) is 26.3 Å². The van der Waals surface area contributed by atoms with Crippen LogP contribution in [0.15, 0.2) is 18.2 Å². The number of rotatable bonds is 1. The first kappa shape index (κ1) is 25.3. The molecule has 1 heterocycles. The normalized spacial score (nSPS) is 16.7. The molecule has 0 bridgehead atoms. The van der Waals surface area contributed by atoms with Crippen molar-refractivity contribution in [2.75, 3.05) is 12.8 Å². The minimum absolute atomic E-state index is 0.0353. The predicted molar refractivity (Wildman–Crippen MR) is 92.4 cm³/mol. The highest BCUT2D eigenvalue weighted by atomic mass is 32.2. The van der Waals surface area contributed by atoms with Gasteiger partial charge >= 0.3 is 12.4 Å². The number of amides is 1. The van der Waals surface area contributed by atoms with Gasteiger partial charge in [0.15, 0.2) is 5.12 Å². The summed E-state index contributed by atoms with van der Waals surface area (Å²) in [6.07, 6.45) is -8.82. The SMILES string of the molecule is CC.CC1CCSC1=O.CNC(=O)c1cc(C(F)(F)F)cc(C(F)(F)F)c1. The molecule has 27 heavy (non-hydrogen) atoms. The highest BCUT2D eigenvalue weighted by Gasteiger charge is 2.37. The third-order valence-corrected chi connectivity index (χ3v) is 4.40. The summed E-state index contributed by atoms with van der Waals surface area (Å²) >= 11 is 1.47. The summed E-state index contributed by atoms with van der Waals surface area (Å²) in [5, 5.41) is 2.34. The Labute approximate surface area is 157 Å². The maximum Gasteiger partial charge on any atom is 0.416 e. The van der Waals surface area contributed by atoms with Crippen molar-refractivity contribution in [2.24, 2.45) is 5.92 Å². The lowest BCUT2D eigenvalue weighted by atomic mass is 10.0. The molecule has 0 aliphatic carbocycles. The second-order valence-corrected chi connectivity index (χ2v) is 6.33. The second kappa shape index (κ2) is 10.6. The molecule has 3 nitrogen and oxygen atoms in total. The van der Waals surface area contributed by atoms with Gasteiger partial charge in [0.25, 0.3) is 5.91 Å². The number of hydrogen-bond donors (Lipinski definition) is 1. The number of carbonyl (C=O) groups excluding carboxylic acids is 2. The predicted octanol–water partition coefficient (Wildman–Crippen LogP) is 5.40. The summed E-state index contributed by atoms with van der Waals surface area (Å²) in [4.78, 5) is 21.7. The molecule has 1 unspecified atom stereocenters. The molecule has 1 N–H and O–H groups in total. The van der Waals surface area contributed by atoms with Crippen molar-refractivity contribution in [3.8, 4) is 0 Å². The molecule has 1 atom stereocenters. The average molecular weight is 417 g/mol. The first-order valence-corrected chi connectivity index (χ1v) is 9.03. The average Bonchev–Trinajstić information content (AvgIpc) is 2.97. The topological polar surface area (TPSA) is 46.2 Å². The molecule has 1 amide bonds. The number of thioether (sulfide) groups is 1. The van der Waals surface area contributed by atoms with Crippen LogP contribution < -0.4 is 5.32 Å². The van der Waals surface area contributed by atoms with Gasteiger partial charge in [-0.25, -0.2) is 0 Å². The van der Waals surface area contributed by atoms with Crippen molar-refractivity contribution in [1.29, 1.82) is 0 Å². The van der Waals surface area contributed by atoms with E-state index in [0.717, 1.165) is 19.2 Å². The minimum atomic E-state index is -4.95. The van der Waals surface area contributed by atoms with E-state index in [4.69, 9.17) is 0 Å². The zero-order chi connectivity index (χ0) is 21.4. The lowest BCUT2D eigenvalue weighted by Crippen LogP contribution is -2.20. The van der Waals surface area contributed by atoms with Gasteiger partial charge in [0.05, 0.1) is 11.1 Å². The summed E-state index contributed by atoms with van der Waals surface area (Å²) in [6.45, 7) is 5.99. The van der Waals surface area contributed by atoms with Crippen LogP contribution >= 0.6 is 11.8 Å². The van der Waals surface area contributed by atoms with Crippen molar-refractivity contribution in [1.82, 2.24) is 5.32 Å². The van der Waals surface area contributed by atoms with Gasteiger partial charge in [-0.15, -0.1) is 0 Å². The Morgan fingerprint density at radius 1 is 1.04 bits per heavy atom. The van der Waals surface area contributed by atoms with Crippen LogP contribution in [-0.4, -0.2) is 23.8 Å². The molecule has 1 aromatic rings. The summed E-state index contributed by atoms with van der Waals surface area (Å²) in [5.41, 5.74) is -3.73. The van der Waals surface area contributed by atoms with Gasteiger partial charge in [0.1, 0.15) is 0 Å². The fraction of sp³-hybridized carbons (Fsp3) is 0.529. The highest BCUT2D eigenvalue weighted by molar-refractivity contribution is 8.14. The van der Waals surface area contributed by atoms with Crippen molar-refractivity contribution in [3.05, 3.63) is 34.9 Å². The fourth-order valence-corrected chi connectivity index (χ4v) is 2.90. The molecular weight excluding hydrogens is 396 g/mol. The lowest BCUT2D eigenvalue weighted by Gasteiger charge is -2.13. The Bertz CT molecular complexity index is 611. The minimum Gasteiger partial charge on any atom is -0.355 e. The number of halogens is 6. The van der Waals surface area contributed by atoms with Gasteiger partial charge in [-0.1, -0.05) is 32.5 Å². The Balaban J connectivity index is 0.000000621. The van der Waals surface area contributed by atoms with E-state index in [0.29, 0.717) is 23.2 Å². The Kier molecular flexibility index (Phi) is 9.91. The Morgan fingerprint density at radius 2 is 1.48 bits per heavy atom. The van der Waals surface area contributed by atoms with Gasteiger partial charge in [-0.05, 0) is 24.6 Å². The third kappa shape index (κ3) is 8.23. The number of alkyl halides is 6. The quantitative estimate of drug-likeness (QED) is 0.623. The highest BCUT2D eigenvalue weighted by Crippen LogP contribution is 2.36. The fourth-order valence-electron chi connectivity index (χ4n) is 1.83. The lowest BCUT2D eigenvalue weighted by molar-refractivity contribution is -0.143. The van der Waals surface area contributed by atoms with Gasteiger partial charge in [-0.3, -0.25) is 9.59 Å². The summed E-state index contributed by atoms with van der Waals surface area (Å²) in [7, 11) is 1.11. The van der Waals surface area contributed by atoms with Crippen LogP contribution in [0.1, 0.15) is 48.7 Å². The molecule has 1 aliphatic heterocycles. The first-order valence-electron chi connectivity index (χ1n) is 8.04. The van der Waals surface area contributed by atoms with E-state index < -0.39 is 35.0 Å². The summed E-state index contributed by atoms with van der Waals surface area (Å²) < 4.78 is 74.4. The van der Waals surface area contributed by atoms with Crippen molar-refractivity contribution >= 4 is 22.8 Å². The van der Waals surface area contributed by atoms with Gasteiger partial charge < -0.3 is 5.32 Å². The molecule has 1 aromatic carbocycles. The molecule has 0 saturated carbocycles. The number of nitrogens with one attached hydrogen (secondary N) is 1.